The molecule has 2 fully saturated rings. The molecule has 2 N–H and O–H groups in total. The first kappa shape index (κ1) is 16.1. The van der Waals surface area contributed by atoms with Crippen molar-refractivity contribution in [2.45, 2.75) is 50.4 Å². The smallest absolute Gasteiger partial charge is 0.138 e. The van der Waals surface area contributed by atoms with E-state index < -0.39 is 11.7 Å². The van der Waals surface area contributed by atoms with Gasteiger partial charge in [0.25, 0.3) is 0 Å². The van der Waals surface area contributed by atoms with Crippen LogP contribution >= 0.6 is 11.6 Å². The lowest BCUT2D eigenvalue weighted by Gasteiger charge is -2.47. The van der Waals surface area contributed by atoms with Crippen molar-refractivity contribution >= 4 is 11.6 Å². The van der Waals surface area contributed by atoms with Crippen LogP contribution in [0.5, 0.6) is 5.75 Å². The zero-order chi connectivity index (χ0) is 15.7. The van der Waals surface area contributed by atoms with Crippen LogP contribution in [-0.2, 0) is 0 Å². The largest absolute Gasteiger partial charge is 0.489 e. The van der Waals surface area contributed by atoms with Gasteiger partial charge in [-0.2, -0.15) is 0 Å². The third kappa shape index (κ3) is 3.25. The normalized spacial score (nSPS) is 30.1. The molecule has 2 atom stereocenters. The minimum Gasteiger partial charge on any atom is -0.489 e. The Balaban J connectivity index is 1.66. The number of aryl methyl sites for hydroxylation is 1. The standard InChI is InChI=1S/C17H24ClNO3/c1-12-5-6-14(18)15(9-12)22-11-17(21)10-19(8-7-16(17)20)13-3-2-4-13/h5-6,9,13,16,20-21H,2-4,7-8,10-11H2,1H3/t16-,17-/m0/s1. The Kier molecular flexibility index (Phi) is 4.64. The number of likely N-dealkylation sites (tertiary alicyclic amines) is 1. The van der Waals surface area contributed by atoms with Crippen molar-refractivity contribution in [3.8, 4) is 5.75 Å². The van der Waals surface area contributed by atoms with Crippen LogP contribution in [-0.4, -0.2) is 52.6 Å². The van der Waals surface area contributed by atoms with E-state index >= 15 is 0 Å². The van der Waals surface area contributed by atoms with Crippen molar-refractivity contribution < 1.29 is 14.9 Å². The third-order valence-corrected chi connectivity index (χ3v) is 5.25. The van der Waals surface area contributed by atoms with E-state index in [-0.39, 0.29) is 6.61 Å². The molecule has 122 valence electrons. The lowest BCUT2D eigenvalue weighted by molar-refractivity contribution is -0.149. The summed E-state index contributed by atoms with van der Waals surface area (Å²) in [5.74, 6) is 0.558. The van der Waals surface area contributed by atoms with E-state index in [0.717, 1.165) is 12.1 Å². The van der Waals surface area contributed by atoms with Gasteiger partial charge in [-0.3, -0.25) is 4.90 Å². The predicted octanol–water partition coefficient (Wildman–Crippen LogP) is 2.38. The number of benzene rings is 1. The second-order valence-corrected chi connectivity index (χ2v) is 7.09. The predicted molar refractivity (Wildman–Crippen MR) is 86.5 cm³/mol. The van der Waals surface area contributed by atoms with Gasteiger partial charge < -0.3 is 14.9 Å². The number of ether oxygens (including phenoxy) is 1. The molecule has 1 aliphatic heterocycles. The highest BCUT2D eigenvalue weighted by molar-refractivity contribution is 6.32. The summed E-state index contributed by atoms with van der Waals surface area (Å²) in [5, 5.41) is 21.6. The SMILES string of the molecule is Cc1ccc(Cl)c(OC[C@@]2(O)CN(C3CCC3)CC[C@@H]2O)c1. The molecule has 1 saturated carbocycles. The average molecular weight is 326 g/mol. The number of hydrogen-bond acceptors (Lipinski definition) is 4. The van der Waals surface area contributed by atoms with Crippen molar-refractivity contribution in [3.63, 3.8) is 0 Å². The molecule has 1 aromatic rings. The molecule has 3 rings (SSSR count). The summed E-state index contributed by atoms with van der Waals surface area (Å²) in [7, 11) is 0. The minimum absolute atomic E-state index is 0.0561. The summed E-state index contributed by atoms with van der Waals surface area (Å²) in [6.45, 7) is 3.33. The molecule has 0 spiro atoms. The first-order valence-corrected chi connectivity index (χ1v) is 8.39. The number of β-amino-alcohol motifs (C(OH)–C–C–N with tert-alkyl or cyclic N) is 1. The maximum Gasteiger partial charge on any atom is 0.138 e. The van der Waals surface area contributed by atoms with E-state index in [0.29, 0.717) is 29.8 Å². The van der Waals surface area contributed by atoms with E-state index in [4.69, 9.17) is 16.3 Å². The Morgan fingerprint density at radius 2 is 2.14 bits per heavy atom. The van der Waals surface area contributed by atoms with Crippen LogP contribution in [0.4, 0.5) is 0 Å². The van der Waals surface area contributed by atoms with Crippen molar-refractivity contribution in [2.24, 2.45) is 0 Å². The maximum atomic E-state index is 10.8. The third-order valence-electron chi connectivity index (χ3n) is 4.94. The minimum atomic E-state index is -1.24. The summed E-state index contributed by atoms with van der Waals surface area (Å²) < 4.78 is 5.74. The highest BCUT2D eigenvalue weighted by Gasteiger charge is 2.44. The second-order valence-electron chi connectivity index (χ2n) is 6.69. The highest BCUT2D eigenvalue weighted by Crippen LogP contribution is 2.32. The number of nitrogens with zero attached hydrogens (tertiary/aromatic N) is 1. The molecule has 1 saturated heterocycles. The quantitative estimate of drug-likeness (QED) is 0.892. The Morgan fingerprint density at radius 1 is 1.36 bits per heavy atom. The summed E-state index contributed by atoms with van der Waals surface area (Å²) in [6, 6.07) is 6.11. The van der Waals surface area contributed by atoms with Gasteiger partial charge in [0.1, 0.15) is 18.0 Å². The fraction of sp³-hybridized carbons (Fsp3) is 0.647. The van der Waals surface area contributed by atoms with E-state index in [9.17, 15) is 10.2 Å². The number of aliphatic hydroxyl groups excluding tert-OH is 1. The molecule has 2 aliphatic rings. The summed E-state index contributed by atoms with van der Waals surface area (Å²) >= 11 is 6.13. The molecule has 0 bridgehead atoms. The van der Waals surface area contributed by atoms with Gasteiger partial charge in [-0.1, -0.05) is 24.1 Å². The van der Waals surface area contributed by atoms with Gasteiger partial charge in [0.2, 0.25) is 0 Å². The molecule has 22 heavy (non-hydrogen) atoms. The monoisotopic (exact) mass is 325 g/mol. The first-order chi connectivity index (χ1) is 10.5. The number of piperidine rings is 1. The van der Waals surface area contributed by atoms with Crippen molar-refractivity contribution in [1.29, 1.82) is 0 Å². The van der Waals surface area contributed by atoms with Crippen LogP contribution < -0.4 is 4.74 Å². The van der Waals surface area contributed by atoms with Crippen LogP contribution in [0.2, 0.25) is 5.02 Å². The number of rotatable bonds is 4. The Bertz CT molecular complexity index is 535. The molecular weight excluding hydrogens is 302 g/mol. The van der Waals surface area contributed by atoms with Crippen LogP contribution in [0.15, 0.2) is 18.2 Å². The van der Waals surface area contributed by atoms with E-state index in [2.05, 4.69) is 4.90 Å². The van der Waals surface area contributed by atoms with Gasteiger partial charge >= 0.3 is 0 Å². The molecule has 1 aromatic carbocycles. The van der Waals surface area contributed by atoms with Gasteiger partial charge in [0.15, 0.2) is 0 Å². The lowest BCUT2D eigenvalue weighted by atomic mass is 9.85. The molecule has 1 aliphatic carbocycles. The fourth-order valence-electron chi connectivity index (χ4n) is 3.22. The molecule has 0 amide bonds. The van der Waals surface area contributed by atoms with Gasteiger partial charge in [0, 0.05) is 19.1 Å². The van der Waals surface area contributed by atoms with Crippen molar-refractivity contribution in [2.75, 3.05) is 19.7 Å². The van der Waals surface area contributed by atoms with Crippen LogP contribution in [0.25, 0.3) is 0 Å². The van der Waals surface area contributed by atoms with Gasteiger partial charge in [0.05, 0.1) is 11.1 Å². The van der Waals surface area contributed by atoms with Gasteiger partial charge in [-0.05, 0) is 43.9 Å². The van der Waals surface area contributed by atoms with E-state index in [1.54, 1.807) is 6.07 Å². The summed E-state index contributed by atoms with van der Waals surface area (Å²) in [5.41, 5.74) is -0.187. The molecule has 0 radical (unpaired) electrons. The molecular formula is C17H24ClNO3. The second kappa shape index (κ2) is 6.36. The molecule has 0 unspecified atom stereocenters. The van der Waals surface area contributed by atoms with E-state index in [1.165, 1.54) is 19.3 Å². The molecule has 4 nitrogen and oxygen atoms in total. The van der Waals surface area contributed by atoms with Crippen molar-refractivity contribution in [3.05, 3.63) is 28.8 Å². The maximum absolute atomic E-state index is 10.8. The van der Waals surface area contributed by atoms with Gasteiger partial charge in [-0.15, -0.1) is 0 Å². The van der Waals surface area contributed by atoms with Crippen LogP contribution in [0.1, 0.15) is 31.2 Å². The zero-order valence-electron chi connectivity index (χ0n) is 13.0. The average Bonchev–Trinajstić information content (AvgIpc) is 2.42. The first-order valence-electron chi connectivity index (χ1n) is 8.01. The van der Waals surface area contributed by atoms with Crippen LogP contribution in [0.3, 0.4) is 0 Å². The van der Waals surface area contributed by atoms with Crippen LogP contribution in [0, 0.1) is 6.92 Å². The van der Waals surface area contributed by atoms with Crippen molar-refractivity contribution in [1.82, 2.24) is 4.90 Å². The Hall–Kier alpha value is -0.810. The summed E-state index contributed by atoms with van der Waals surface area (Å²) in [4.78, 5) is 2.29. The summed E-state index contributed by atoms with van der Waals surface area (Å²) in [6.07, 6.45) is 3.47. The molecule has 5 heteroatoms. The lowest BCUT2D eigenvalue weighted by Crippen LogP contribution is -2.62. The number of hydrogen-bond donors (Lipinski definition) is 2. The number of halogens is 1. The topological polar surface area (TPSA) is 52.9 Å². The Labute approximate surface area is 136 Å². The zero-order valence-corrected chi connectivity index (χ0v) is 13.7. The fourth-order valence-corrected chi connectivity index (χ4v) is 3.39. The number of aliphatic hydroxyl groups is 2. The highest BCUT2D eigenvalue weighted by atomic mass is 35.5. The molecule has 1 heterocycles. The molecule has 0 aromatic heterocycles. The van der Waals surface area contributed by atoms with Gasteiger partial charge in [-0.25, -0.2) is 0 Å². The Morgan fingerprint density at radius 3 is 2.82 bits per heavy atom. The van der Waals surface area contributed by atoms with E-state index in [1.807, 2.05) is 19.1 Å².